The molecule has 0 aromatic carbocycles. The summed E-state index contributed by atoms with van der Waals surface area (Å²) in [6.07, 6.45) is 2.66. The van der Waals surface area contributed by atoms with Gasteiger partial charge in [0.1, 0.15) is 5.82 Å². The minimum absolute atomic E-state index is 0.141. The largest absolute Gasteiger partial charge is 0.396 e. The van der Waals surface area contributed by atoms with E-state index in [0.29, 0.717) is 12.4 Å². The van der Waals surface area contributed by atoms with E-state index in [0.717, 1.165) is 30.9 Å². The highest BCUT2D eigenvalue weighted by Gasteiger charge is 2.21. The summed E-state index contributed by atoms with van der Waals surface area (Å²) < 4.78 is 0. The van der Waals surface area contributed by atoms with Crippen LogP contribution in [0.5, 0.6) is 0 Å². The van der Waals surface area contributed by atoms with E-state index in [1.54, 1.807) is 0 Å². The van der Waals surface area contributed by atoms with Gasteiger partial charge in [0.15, 0.2) is 0 Å². The zero-order valence-electron chi connectivity index (χ0n) is 12.5. The maximum Gasteiger partial charge on any atom is 0.224 e. The lowest BCUT2D eigenvalue weighted by Gasteiger charge is -2.29. The Morgan fingerprint density at radius 3 is 2.63 bits per heavy atom. The van der Waals surface area contributed by atoms with Crippen molar-refractivity contribution in [3.63, 3.8) is 0 Å². The molecule has 0 radical (unpaired) electrons. The zero-order chi connectivity index (χ0) is 14.3. The fraction of sp³-hybridized carbons (Fsp3) is 0.714. The number of aliphatic hydroxyl groups excluding tert-OH is 1. The summed E-state index contributed by atoms with van der Waals surface area (Å²) >= 11 is 0. The molecular formula is C14H26N4O. The smallest absolute Gasteiger partial charge is 0.224 e. The monoisotopic (exact) mass is 266 g/mol. The van der Waals surface area contributed by atoms with Gasteiger partial charge < -0.3 is 15.7 Å². The molecular weight excluding hydrogens is 240 g/mol. The van der Waals surface area contributed by atoms with Gasteiger partial charge in [-0.05, 0) is 33.1 Å². The van der Waals surface area contributed by atoms with Gasteiger partial charge in [-0.25, -0.2) is 4.98 Å². The Balaban J connectivity index is 2.84. The third-order valence-corrected chi connectivity index (χ3v) is 3.26. The van der Waals surface area contributed by atoms with E-state index in [1.807, 2.05) is 13.0 Å². The number of aliphatic hydroxyl groups is 1. The van der Waals surface area contributed by atoms with Crippen molar-refractivity contribution in [3.05, 3.63) is 11.8 Å². The summed E-state index contributed by atoms with van der Waals surface area (Å²) in [4.78, 5) is 8.83. The van der Waals surface area contributed by atoms with Crippen molar-refractivity contribution in [2.24, 2.45) is 0 Å². The van der Waals surface area contributed by atoms with Crippen molar-refractivity contribution in [1.82, 2.24) is 9.97 Å². The molecule has 1 unspecified atom stereocenters. The summed E-state index contributed by atoms with van der Waals surface area (Å²) in [6, 6.07) is 1.93. The van der Waals surface area contributed by atoms with E-state index < -0.39 is 0 Å². The summed E-state index contributed by atoms with van der Waals surface area (Å²) in [5.74, 6) is 1.47. The van der Waals surface area contributed by atoms with Crippen LogP contribution in [0.1, 0.15) is 45.7 Å². The van der Waals surface area contributed by atoms with Crippen molar-refractivity contribution < 1.29 is 5.11 Å². The molecule has 0 saturated heterocycles. The van der Waals surface area contributed by atoms with Gasteiger partial charge in [0.25, 0.3) is 0 Å². The van der Waals surface area contributed by atoms with E-state index in [2.05, 4.69) is 41.4 Å². The first-order valence-electron chi connectivity index (χ1n) is 7.01. The number of hydrogen-bond donors (Lipinski definition) is 3. The van der Waals surface area contributed by atoms with Gasteiger partial charge in [-0.15, -0.1) is 0 Å². The second-order valence-electron chi connectivity index (χ2n) is 5.16. The van der Waals surface area contributed by atoms with E-state index in [4.69, 9.17) is 5.11 Å². The number of nitrogens with zero attached hydrogens (tertiary/aromatic N) is 2. The summed E-state index contributed by atoms with van der Waals surface area (Å²) in [5.41, 5.74) is 0.788. The highest BCUT2D eigenvalue weighted by molar-refractivity contribution is 5.44. The SMILES string of the molecule is CCCNc1nc(C)cc(NC(C)(CC)CCO)n1. The number of nitrogens with one attached hydrogen (secondary N) is 2. The van der Waals surface area contributed by atoms with Crippen molar-refractivity contribution in [1.29, 1.82) is 0 Å². The van der Waals surface area contributed by atoms with Gasteiger partial charge in [-0.2, -0.15) is 4.98 Å². The zero-order valence-corrected chi connectivity index (χ0v) is 12.5. The summed E-state index contributed by atoms with van der Waals surface area (Å²) in [7, 11) is 0. The molecule has 0 aliphatic carbocycles. The molecule has 1 heterocycles. The number of aryl methyl sites for hydroxylation is 1. The second-order valence-corrected chi connectivity index (χ2v) is 5.16. The molecule has 0 aliphatic heterocycles. The average molecular weight is 266 g/mol. The number of rotatable bonds is 8. The Morgan fingerprint density at radius 1 is 1.32 bits per heavy atom. The highest BCUT2D eigenvalue weighted by Crippen LogP contribution is 2.21. The van der Waals surface area contributed by atoms with Crippen LogP contribution in [-0.4, -0.2) is 33.8 Å². The molecule has 5 nitrogen and oxygen atoms in total. The van der Waals surface area contributed by atoms with Crippen LogP contribution < -0.4 is 10.6 Å². The van der Waals surface area contributed by atoms with E-state index in [9.17, 15) is 0 Å². The second kappa shape index (κ2) is 7.28. The summed E-state index contributed by atoms with van der Waals surface area (Å²) in [6.45, 7) is 9.30. The minimum Gasteiger partial charge on any atom is -0.396 e. The first-order valence-corrected chi connectivity index (χ1v) is 7.01. The molecule has 19 heavy (non-hydrogen) atoms. The Morgan fingerprint density at radius 2 is 2.05 bits per heavy atom. The van der Waals surface area contributed by atoms with Gasteiger partial charge in [0.05, 0.1) is 0 Å². The van der Waals surface area contributed by atoms with Crippen molar-refractivity contribution in [2.45, 2.75) is 52.5 Å². The van der Waals surface area contributed by atoms with E-state index >= 15 is 0 Å². The van der Waals surface area contributed by atoms with Crippen LogP contribution in [0.15, 0.2) is 6.07 Å². The molecule has 1 atom stereocenters. The normalized spacial score (nSPS) is 13.9. The predicted molar refractivity (Wildman–Crippen MR) is 79.6 cm³/mol. The molecule has 0 spiro atoms. The van der Waals surface area contributed by atoms with Crippen LogP contribution in [0.25, 0.3) is 0 Å². The molecule has 1 aromatic rings. The molecule has 0 fully saturated rings. The fourth-order valence-corrected chi connectivity index (χ4v) is 1.83. The third-order valence-electron chi connectivity index (χ3n) is 3.26. The average Bonchev–Trinajstić information content (AvgIpc) is 2.36. The van der Waals surface area contributed by atoms with Crippen molar-refractivity contribution in [3.8, 4) is 0 Å². The van der Waals surface area contributed by atoms with Gasteiger partial charge >= 0.3 is 0 Å². The van der Waals surface area contributed by atoms with E-state index in [-0.39, 0.29) is 12.1 Å². The molecule has 0 amide bonds. The van der Waals surface area contributed by atoms with Gasteiger partial charge in [-0.3, -0.25) is 0 Å². The quantitative estimate of drug-likeness (QED) is 0.674. The molecule has 0 aliphatic rings. The molecule has 1 rings (SSSR count). The minimum atomic E-state index is -0.141. The lowest BCUT2D eigenvalue weighted by molar-refractivity contribution is 0.252. The molecule has 5 heteroatoms. The van der Waals surface area contributed by atoms with Gasteiger partial charge in [0.2, 0.25) is 5.95 Å². The number of hydrogen-bond acceptors (Lipinski definition) is 5. The fourth-order valence-electron chi connectivity index (χ4n) is 1.83. The maximum absolute atomic E-state index is 9.15. The highest BCUT2D eigenvalue weighted by atomic mass is 16.3. The third kappa shape index (κ3) is 5.03. The Kier molecular flexibility index (Phi) is 6.02. The summed E-state index contributed by atoms with van der Waals surface area (Å²) in [5, 5.41) is 15.8. The van der Waals surface area contributed by atoms with Crippen LogP contribution in [0.2, 0.25) is 0 Å². The molecule has 108 valence electrons. The standard InChI is InChI=1S/C14H26N4O/c1-5-8-15-13-16-11(3)10-12(17-13)18-14(4,6-2)7-9-19/h10,19H,5-9H2,1-4H3,(H2,15,16,17,18). The van der Waals surface area contributed by atoms with Crippen LogP contribution >= 0.6 is 0 Å². The molecule has 0 bridgehead atoms. The maximum atomic E-state index is 9.15. The van der Waals surface area contributed by atoms with Crippen LogP contribution in [0.3, 0.4) is 0 Å². The molecule has 1 aromatic heterocycles. The van der Waals surface area contributed by atoms with Crippen molar-refractivity contribution >= 4 is 11.8 Å². The first-order chi connectivity index (χ1) is 9.03. The van der Waals surface area contributed by atoms with Crippen LogP contribution in [0.4, 0.5) is 11.8 Å². The van der Waals surface area contributed by atoms with Gasteiger partial charge in [-0.1, -0.05) is 13.8 Å². The lowest BCUT2D eigenvalue weighted by atomic mass is 9.95. The van der Waals surface area contributed by atoms with Gasteiger partial charge in [0, 0.05) is 30.5 Å². The molecule has 3 N–H and O–H groups in total. The predicted octanol–water partition coefficient (Wildman–Crippen LogP) is 2.57. The number of anilines is 2. The topological polar surface area (TPSA) is 70.1 Å². The van der Waals surface area contributed by atoms with E-state index in [1.165, 1.54) is 0 Å². The lowest BCUT2D eigenvalue weighted by Crippen LogP contribution is -2.35. The Hall–Kier alpha value is -1.36. The van der Waals surface area contributed by atoms with Crippen LogP contribution in [-0.2, 0) is 0 Å². The number of aromatic nitrogens is 2. The van der Waals surface area contributed by atoms with Crippen LogP contribution in [0, 0.1) is 6.92 Å². The Bertz CT molecular complexity index is 397. The van der Waals surface area contributed by atoms with Crippen molar-refractivity contribution in [2.75, 3.05) is 23.8 Å². The Labute approximate surface area is 115 Å². The molecule has 0 saturated carbocycles. The first kappa shape index (κ1) is 15.7.